The third-order valence-electron chi connectivity index (χ3n) is 4.54. The van der Waals surface area contributed by atoms with Gasteiger partial charge >= 0.3 is 5.97 Å². The first-order valence-corrected chi connectivity index (χ1v) is 10.7. The summed E-state index contributed by atoms with van der Waals surface area (Å²) < 4.78 is 7.47. The number of benzene rings is 1. The second-order valence-corrected chi connectivity index (χ2v) is 9.22. The van der Waals surface area contributed by atoms with Crippen molar-refractivity contribution in [3.8, 4) is 0 Å². The predicted octanol–water partition coefficient (Wildman–Crippen LogP) is 2.17. The lowest BCUT2D eigenvalue weighted by Gasteiger charge is -2.27. The second kappa shape index (κ2) is 8.51. The minimum absolute atomic E-state index is 0.107. The summed E-state index contributed by atoms with van der Waals surface area (Å²) in [5.74, 6) is 0.784. The fourth-order valence-electron chi connectivity index (χ4n) is 2.87. The molecule has 2 atom stereocenters. The van der Waals surface area contributed by atoms with E-state index in [0.29, 0.717) is 6.67 Å². The van der Waals surface area contributed by atoms with E-state index in [0.717, 1.165) is 33.6 Å². The molecule has 0 bridgehead atoms. The van der Waals surface area contributed by atoms with Crippen molar-refractivity contribution >= 4 is 52.1 Å². The molecule has 1 unspecified atom stereocenters. The molecule has 3 rings (SSSR count). The molecule has 0 saturated carbocycles. The van der Waals surface area contributed by atoms with Gasteiger partial charge in [-0.3, -0.25) is 4.79 Å². The summed E-state index contributed by atoms with van der Waals surface area (Å²) in [6, 6.07) is 6.17. The molecule has 0 aliphatic carbocycles. The van der Waals surface area contributed by atoms with E-state index in [9.17, 15) is 4.79 Å². The number of nitrogens with zero attached hydrogens (tertiary/aromatic N) is 2. The van der Waals surface area contributed by atoms with Crippen LogP contribution in [0, 0.1) is 17.8 Å². The Kier molecular flexibility index (Phi) is 6.33. The number of carbonyl (C=O) groups excluding carboxylic acids is 1. The molecule has 2 N–H and O–H groups in total. The molecule has 1 aromatic heterocycles. The van der Waals surface area contributed by atoms with Crippen molar-refractivity contribution in [1.82, 2.24) is 9.78 Å². The van der Waals surface area contributed by atoms with Crippen LogP contribution >= 0.6 is 35.3 Å². The van der Waals surface area contributed by atoms with Crippen molar-refractivity contribution in [2.24, 2.45) is 0 Å². The third kappa shape index (κ3) is 4.46. The Morgan fingerprint density at radius 3 is 3.08 bits per heavy atom. The Hall–Kier alpha value is -1.42. The highest BCUT2D eigenvalue weighted by Gasteiger charge is 2.30. The number of rotatable bonds is 5. The van der Waals surface area contributed by atoms with Gasteiger partial charge in [0.05, 0.1) is 13.7 Å². The highest BCUT2D eigenvalue weighted by molar-refractivity contribution is 8.00. The molecule has 1 aromatic carbocycles. The van der Waals surface area contributed by atoms with Crippen LogP contribution < -0.4 is 10.2 Å². The fraction of sp³-hybridized carbons (Fsp3) is 0.471. The van der Waals surface area contributed by atoms with E-state index in [4.69, 9.17) is 17.0 Å². The number of thioether (sulfide) groups is 1. The smallest absolute Gasteiger partial charge is 0.324 e. The van der Waals surface area contributed by atoms with Crippen molar-refractivity contribution in [3.05, 3.63) is 33.3 Å². The number of aryl methyl sites for hydroxylation is 1. The quantitative estimate of drug-likeness (QED) is 0.581. The van der Waals surface area contributed by atoms with Gasteiger partial charge in [0.25, 0.3) is 0 Å². The van der Waals surface area contributed by atoms with Crippen LogP contribution in [0.1, 0.15) is 11.1 Å². The van der Waals surface area contributed by atoms with E-state index in [1.165, 1.54) is 34.5 Å². The first-order chi connectivity index (χ1) is 12.5. The van der Waals surface area contributed by atoms with Gasteiger partial charge in [0.15, 0.2) is 15.9 Å². The number of nitrogens with one attached hydrogen (secondary N) is 2. The van der Waals surface area contributed by atoms with Gasteiger partial charge in [0, 0.05) is 11.4 Å². The van der Waals surface area contributed by atoms with Crippen LogP contribution in [0.3, 0.4) is 0 Å². The number of quaternary nitrogens is 1. The molecule has 6 nitrogen and oxygen atoms in total. The maximum Gasteiger partial charge on any atom is 0.324 e. The lowest BCUT2D eigenvalue weighted by molar-refractivity contribution is -0.921. The van der Waals surface area contributed by atoms with E-state index in [2.05, 4.69) is 30.3 Å². The second-order valence-electron chi connectivity index (χ2n) is 6.29. The maximum atomic E-state index is 11.8. The molecule has 1 saturated heterocycles. The summed E-state index contributed by atoms with van der Waals surface area (Å²) in [6.07, 6.45) is 0. The molecule has 1 aliphatic heterocycles. The molecule has 26 heavy (non-hydrogen) atoms. The van der Waals surface area contributed by atoms with Gasteiger partial charge in [-0.05, 0) is 43.3 Å². The Morgan fingerprint density at radius 1 is 1.50 bits per heavy atom. The van der Waals surface area contributed by atoms with Crippen LogP contribution in [0.5, 0.6) is 0 Å². The normalized spacial score (nSPS) is 20.0. The lowest BCUT2D eigenvalue weighted by Crippen LogP contribution is -3.14. The zero-order valence-corrected chi connectivity index (χ0v) is 17.5. The van der Waals surface area contributed by atoms with E-state index in [1.54, 1.807) is 11.8 Å². The number of methoxy groups -OCH3 is 1. The van der Waals surface area contributed by atoms with Crippen molar-refractivity contribution in [1.29, 1.82) is 0 Å². The minimum atomic E-state index is -0.147. The Labute approximate surface area is 166 Å². The molecule has 1 aliphatic rings. The monoisotopic (exact) mass is 411 g/mol. The summed E-state index contributed by atoms with van der Waals surface area (Å²) >= 11 is 8.62. The molecule has 140 valence electrons. The fourth-order valence-corrected chi connectivity index (χ4v) is 5.16. The summed E-state index contributed by atoms with van der Waals surface area (Å²) in [4.78, 5) is 13.1. The van der Waals surface area contributed by atoms with Crippen LogP contribution in [-0.2, 0) is 16.2 Å². The van der Waals surface area contributed by atoms with E-state index < -0.39 is 0 Å². The number of carbonyl (C=O) groups is 1. The molecule has 0 spiro atoms. The van der Waals surface area contributed by atoms with Gasteiger partial charge < -0.3 is 15.0 Å². The average molecular weight is 412 g/mol. The largest absolute Gasteiger partial charge is 0.468 e. The molecule has 2 aromatic rings. The van der Waals surface area contributed by atoms with Gasteiger partial charge in [-0.2, -0.15) is 4.68 Å². The molecule has 0 amide bonds. The lowest BCUT2D eigenvalue weighted by atomic mass is 10.1. The molecule has 2 heterocycles. The SMILES string of the molecule is COC(=O)[C@@H]1C[NH+](Cn2nc(Nc3cccc(C)c3C)sc2=S)CCS1. The zero-order valence-electron chi connectivity index (χ0n) is 15.1. The molecule has 1 fully saturated rings. The summed E-state index contributed by atoms with van der Waals surface area (Å²) in [6.45, 7) is 6.57. The van der Waals surface area contributed by atoms with Crippen LogP contribution in [0.2, 0.25) is 0 Å². The first-order valence-electron chi connectivity index (χ1n) is 8.42. The van der Waals surface area contributed by atoms with Gasteiger partial charge in [-0.15, -0.1) is 16.9 Å². The van der Waals surface area contributed by atoms with E-state index in [-0.39, 0.29) is 11.2 Å². The van der Waals surface area contributed by atoms with Crippen molar-refractivity contribution in [2.75, 3.05) is 31.3 Å². The first kappa shape index (κ1) is 19.3. The molecule has 9 heteroatoms. The number of hydrogen-bond acceptors (Lipinski definition) is 7. The molecular formula is C17H23N4O2S3+. The number of ether oxygens (including phenoxy) is 1. The van der Waals surface area contributed by atoms with Crippen molar-refractivity contribution in [2.45, 2.75) is 25.8 Å². The highest BCUT2D eigenvalue weighted by Crippen LogP contribution is 2.24. The Morgan fingerprint density at radius 2 is 2.31 bits per heavy atom. The number of esters is 1. The molecule has 0 radical (unpaired) electrons. The number of anilines is 2. The molecular weight excluding hydrogens is 388 g/mol. The van der Waals surface area contributed by atoms with E-state index in [1.807, 2.05) is 16.8 Å². The van der Waals surface area contributed by atoms with Crippen LogP contribution in [0.4, 0.5) is 10.8 Å². The van der Waals surface area contributed by atoms with Gasteiger partial charge in [-0.25, -0.2) is 0 Å². The maximum absolute atomic E-state index is 11.8. The average Bonchev–Trinajstić information content (AvgIpc) is 2.97. The predicted molar refractivity (Wildman–Crippen MR) is 109 cm³/mol. The Balaban J connectivity index is 1.69. The Bertz CT molecular complexity index is 849. The van der Waals surface area contributed by atoms with Crippen LogP contribution in [-0.4, -0.2) is 47.0 Å². The standard InChI is InChI=1S/C17H22N4O2S3/c1-11-5-4-6-13(12(11)2)18-16-19-21(17(24)26-16)10-20-7-8-25-14(9-20)15(22)23-3/h4-6,14H,7-10H2,1-3H3,(H,18,19)/p+1/t14-/m0/s1. The van der Waals surface area contributed by atoms with Crippen LogP contribution in [0.15, 0.2) is 18.2 Å². The summed E-state index contributed by atoms with van der Waals surface area (Å²) in [5.41, 5.74) is 3.50. The summed E-state index contributed by atoms with van der Waals surface area (Å²) in [7, 11) is 1.44. The zero-order chi connectivity index (χ0) is 18.7. The van der Waals surface area contributed by atoms with Gasteiger partial charge in [0.1, 0.15) is 6.54 Å². The van der Waals surface area contributed by atoms with Crippen molar-refractivity contribution in [3.63, 3.8) is 0 Å². The topological polar surface area (TPSA) is 60.6 Å². The summed E-state index contributed by atoms with van der Waals surface area (Å²) in [5, 5.41) is 8.70. The number of hydrogen-bond donors (Lipinski definition) is 2. The van der Waals surface area contributed by atoms with E-state index >= 15 is 0 Å². The number of aromatic nitrogens is 2. The van der Waals surface area contributed by atoms with Crippen molar-refractivity contribution < 1.29 is 14.4 Å². The van der Waals surface area contributed by atoms with Crippen LogP contribution in [0.25, 0.3) is 0 Å². The third-order valence-corrected chi connectivity index (χ3v) is 6.96. The minimum Gasteiger partial charge on any atom is -0.468 e. The van der Waals surface area contributed by atoms with Gasteiger partial charge in [-0.1, -0.05) is 23.5 Å². The highest BCUT2D eigenvalue weighted by atomic mass is 32.2. The van der Waals surface area contributed by atoms with Gasteiger partial charge in [0.2, 0.25) is 5.13 Å².